The van der Waals surface area contributed by atoms with E-state index in [1.54, 1.807) is 26.2 Å². The van der Waals surface area contributed by atoms with Crippen molar-refractivity contribution in [3.63, 3.8) is 0 Å². The monoisotopic (exact) mass is 609 g/mol. The highest BCUT2D eigenvalue weighted by Gasteiger charge is 2.50. The number of morpholine rings is 1. The van der Waals surface area contributed by atoms with Crippen LogP contribution >= 0.6 is 0 Å². The van der Waals surface area contributed by atoms with Crippen molar-refractivity contribution in [2.75, 3.05) is 53.1 Å². The van der Waals surface area contributed by atoms with E-state index in [0.717, 1.165) is 30.4 Å². The van der Waals surface area contributed by atoms with Crippen LogP contribution in [0, 0.1) is 11.3 Å². The summed E-state index contributed by atoms with van der Waals surface area (Å²) < 4.78 is 16.0. The molecule has 12 nitrogen and oxygen atoms in total. The smallest absolute Gasteiger partial charge is 0.238 e. The summed E-state index contributed by atoms with van der Waals surface area (Å²) >= 11 is 0. The standard InChI is InChI=1S/C32H43N5O7/c1-31(22-44-31)29(40)26(17-23-5-3-4-6-23)35-30(41)27(18-24-7-9-25(42-2)10-8-24)34-20-32(21-38,11-12-33)36-28(39)19-37-13-15-43-16-14-37/h5,7-10,21,26-27,34H,3-4,6,11,13-20,22H2,1-2H3,(H,35,41)(H,36,39). The molecule has 1 aromatic carbocycles. The first-order valence-electron chi connectivity index (χ1n) is 15.2. The number of carbonyl (C=O) groups is 4. The van der Waals surface area contributed by atoms with E-state index in [-0.39, 0.29) is 31.7 Å². The second-order valence-corrected chi connectivity index (χ2v) is 11.9. The number of ketones is 1. The van der Waals surface area contributed by atoms with Gasteiger partial charge in [0.25, 0.3) is 0 Å². The molecule has 2 fully saturated rings. The fraction of sp³-hybridized carbons (Fsp3) is 0.594. The third kappa shape index (κ3) is 9.19. The Kier molecular flexibility index (Phi) is 11.6. The highest BCUT2D eigenvalue weighted by Crippen LogP contribution is 2.31. The Balaban J connectivity index is 1.51. The molecule has 0 aromatic heterocycles. The molecule has 2 saturated heterocycles. The van der Waals surface area contributed by atoms with Crippen LogP contribution in [0.1, 0.15) is 44.6 Å². The minimum absolute atomic E-state index is 0.0562. The number of nitrogens with zero attached hydrogens (tertiary/aromatic N) is 2. The second kappa shape index (κ2) is 15.4. The maximum Gasteiger partial charge on any atom is 0.238 e. The molecule has 2 aliphatic heterocycles. The Hall–Kier alpha value is -3.63. The summed E-state index contributed by atoms with van der Waals surface area (Å²) in [5, 5.41) is 18.4. The lowest BCUT2D eigenvalue weighted by molar-refractivity contribution is -0.131. The molecule has 4 unspecified atom stereocenters. The summed E-state index contributed by atoms with van der Waals surface area (Å²) in [6.45, 7) is 4.12. The predicted octanol–water partition coefficient (Wildman–Crippen LogP) is 0.839. The Morgan fingerprint density at radius 3 is 2.50 bits per heavy atom. The van der Waals surface area contributed by atoms with Gasteiger partial charge >= 0.3 is 0 Å². The average Bonchev–Trinajstić information content (AvgIpc) is 3.57. The zero-order valence-electron chi connectivity index (χ0n) is 25.6. The van der Waals surface area contributed by atoms with Crippen LogP contribution in [0.15, 0.2) is 35.9 Å². The van der Waals surface area contributed by atoms with Crippen LogP contribution in [-0.2, 0) is 35.1 Å². The van der Waals surface area contributed by atoms with Crippen LogP contribution in [0.25, 0.3) is 0 Å². The normalized spacial score (nSPS) is 22.4. The Morgan fingerprint density at radius 1 is 1.18 bits per heavy atom. The third-order valence-corrected chi connectivity index (χ3v) is 8.39. The minimum atomic E-state index is -1.56. The molecule has 1 aliphatic carbocycles. The SMILES string of the molecule is COc1ccc(CC(NCC(C=O)(CC#N)NC(=O)CN2CCOCC2)C(=O)NC(CC2=CCCC2)C(=O)C2(C)CO2)cc1. The first-order valence-corrected chi connectivity index (χ1v) is 15.2. The first kappa shape index (κ1) is 33.3. The number of nitriles is 1. The van der Waals surface area contributed by atoms with Gasteiger partial charge in [0.15, 0.2) is 5.78 Å². The van der Waals surface area contributed by atoms with Crippen LogP contribution in [0.4, 0.5) is 0 Å². The summed E-state index contributed by atoms with van der Waals surface area (Å²) in [5.74, 6) is -0.351. The van der Waals surface area contributed by atoms with Crippen LogP contribution in [0.2, 0.25) is 0 Å². The number of allylic oxidation sites excluding steroid dienone is 1. The van der Waals surface area contributed by atoms with Crippen molar-refractivity contribution < 1.29 is 33.4 Å². The van der Waals surface area contributed by atoms with E-state index < -0.39 is 35.0 Å². The van der Waals surface area contributed by atoms with Crippen molar-refractivity contribution in [2.45, 2.75) is 68.7 Å². The van der Waals surface area contributed by atoms with Gasteiger partial charge < -0.3 is 35.0 Å². The van der Waals surface area contributed by atoms with Crippen LogP contribution in [0.5, 0.6) is 5.75 Å². The molecule has 12 heteroatoms. The fourth-order valence-electron chi connectivity index (χ4n) is 5.53. The predicted molar refractivity (Wildman–Crippen MR) is 161 cm³/mol. The third-order valence-electron chi connectivity index (χ3n) is 8.39. The number of Topliss-reactive ketones (excluding diaryl/α,β-unsaturated/α-hetero) is 1. The average molecular weight is 610 g/mol. The molecule has 2 heterocycles. The van der Waals surface area contributed by atoms with Gasteiger partial charge in [-0.25, -0.2) is 0 Å². The Labute approximate surface area is 258 Å². The molecule has 0 spiro atoms. The van der Waals surface area contributed by atoms with Crippen molar-refractivity contribution >= 4 is 23.9 Å². The molecule has 1 aromatic rings. The minimum Gasteiger partial charge on any atom is -0.497 e. The van der Waals surface area contributed by atoms with E-state index in [9.17, 15) is 24.4 Å². The van der Waals surface area contributed by atoms with Gasteiger partial charge in [0, 0.05) is 19.6 Å². The number of aldehydes is 1. The molecule has 3 N–H and O–H groups in total. The maximum absolute atomic E-state index is 13.9. The molecule has 0 saturated carbocycles. The van der Waals surface area contributed by atoms with Crippen molar-refractivity contribution in [1.29, 1.82) is 5.26 Å². The van der Waals surface area contributed by atoms with Gasteiger partial charge in [-0.05, 0) is 56.7 Å². The quantitative estimate of drug-likeness (QED) is 0.131. The Bertz CT molecular complexity index is 1250. The highest BCUT2D eigenvalue weighted by atomic mass is 16.6. The lowest BCUT2D eigenvalue weighted by Crippen LogP contribution is -2.61. The Morgan fingerprint density at radius 2 is 1.91 bits per heavy atom. The molecule has 3 aliphatic rings. The summed E-state index contributed by atoms with van der Waals surface area (Å²) in [6.07, 6.45) is 5.85. The van der Waals surface area contributed by atoms with Crippen LogP contribution in [0.3, 0.4) is 0 Å². The second-order valence-electron chi connectivity index (χ2n) is 11.9. The maximum atomic E-state index is 13.9. The van der Waals surface area contributed by atoms with Crippen LogP contribution < -0.4 is 20.7 Å². The molecule has 4 atom stereocenters. The van der Waals surface area contributed by atoms with Crippen molar-refractivity contribution in [3.05, 3.63) is 41.5 Å². The highest BCUT2D eigenvalue weighted by molar-refractivity contribution is 5.97. The molecule has 238 valence electrons. The summed E-state index contributed by atoms with van der Waals surface area (Å²) in [5.41, 5.74) is -0.536. The fourth-order valence-corrected chi connectivity index (χ4v) is 5.53. The molecule has 44 heavy (non-hydrogen) atoms. The number of hydrogen-bond acceptors (Lipinski definition) is 10. The van der Waals surface area contributed by atoms with Gasteiger partial charge in [-0.3, -0.25) is 19.3 Å². The van der Waals surface area contributed by atoms with Crippen molar-refractivity contribution in [2.24, 2.45) is 0 Å². The van der Waals surface area contributed by atoms with Gasteiger partial charge in [-0.2, -0.15) is 5.26 Å². The van der Waals surface area contributed by atoms with E-state index in [1.807, 2.05) is 23.1 Å². The van der Waals surface area contributed by atoms with Gasteiger partial charge in [-0.1, -0.05) is 23.8 Å². The van der Waals surface area contributed by atoms with Crippen molar-refractivity contribution in [1.82, 2.24) is 20.9 Å². The molecule has 0 radical (unpaired) electrons. The van der Waals surface area contributed by atoms with Gasteiger partial charge in [0.05, 0.1) is 58.0 Å². The molecule has 4 rings (SSSR count). The lowest BCUT2D eigenvalue weighted by atomic mass is 9.93. The number of carbonyl (C=O) groups excluding carboxylic acids is 4. The number of epoxide rings is 1. The number of ether oxygens (including phenoxy) is 3. The number of benzene rings is 1. The largest absolute Gasteiger partial charge is 0.497 e. The number of rotatable bonds is 17. The van der Waals surface area contributed by atoms with E-state index >= 15 is 0 Å². The van der Waals surface area contributed by atoms with E-state index in [2.05, 4.69) is 22.0 Å². The van der Waals surface area contributed by atoms with E-state index in [0.29, 0.717) is 51.4 Å². The van der Waals surface area contributed by atoms with Gasteiger partial charge in [-0.15, -0.1) is 0 Å². The molecule has 2 amide bonds. The van der Waals surface area contributed by atoms with Crippen molar-refractivity contribution in [3.8, 4) is 11.8 Å². The molecule has 0 bridgehead atoms. The first-order chi connectivity index (χ1) is 21.2. The van der Waals surface area contributed by atoms with E-state index in [1.165, 1.54) is 0 Å². The zero-order chi connectivity index (χ0) is 31.6. The lowest BCUT2D eigenvalue weighted by Gasteiger charge is -2.32. The zero-order valence-corrected chi connectivity index (χ0v) is 25.6. The van der Waals surface area contributed by atoms with Crippen LogP contribution in [-0.4, -0.2) is 105 Å². The summed E-state index contributed by atoms with van der Waals surface area (Å²) in [6, 6.07) is 7.56. The van der Waals surface area contributed by atoms with Gasteiger partial charge in [0.2, 0.25) is 11.8 Å². The topological polar surface area (TPSA) is 162 Å². The number of methoxy groups -OCH3 is 1. The number of hydrogen-bond donors (Lipinski definition) is 3. The summed E-state index contributed by atoms with van der Waals surface area (Å²) in [4.78, 5) is 54.5. The summed E-state index contributed by atoms with van der Waals surface area (Å²) in [7, 11) is 1.56. The number of nitrogens with one attached hydrogen (secondary N) is 3. The van der Waals surface area contributed by atoms with Gasteiger partial charge in [0.1, 0.15) is 23.2 Å². The molecular formula is C32H43N5O7. The molecular weight excluding hydrogens is 566 g/mol. The van der Waals surface area contributed by atoms with E-state index in [4.69, 9.17) is 14.2 Å². The number of amides is 2.